The van der Waals surface area contributed by atoms with Crippen molar-refractivity contribution < 1.29 is 17.9 Å². The molecule has 0 aromatic carbocycles. The maximum atomic E-state index is 12.9. The lowest BCUT2D eigenvalue weighted by molar-refractivity contribution is -0.141. The third-order valence-electron chi connectivity index (χ3n) is 3.63. The number of rotatable bonds is 3. The Morgan fingerprint density at radius 1 is 1.33 bits per heavy atom. The van der Waals surface area contributed by atoms with Gasteiger partial charge in [-0.1, -0.05) is 0 Å². The van der Waals surface area contributed by atoms with Gasteiger partial charge in [0, 0.05) is 31.4 Å². The molecule has 3 heterocycles. The van der Waals surface area contributed by atoms with Gasteiger partial charge in [0.25, 0.3) is 5.56 Å². The second-order valence-corrected chi connectivity index (χ2v) is 5.57. The van der Waals surface area contributed by atoms with Gasteiger partial charge in [0.05, 0.1) is 5.69 Å². The van der Waals surface area contributed by atoms with Crippen LogP contribution in [-0.2, 0) is 10.9 Å². The maximum absolute atomic E-state index is 12.9. The SMILES string of the molecule is Cc1cc(NC2CCOCC2)n(-c2nc(C(F)(F)F)cc(=O)[nH]2)n1. The molecular formula is C14H16F3N5O2. The van der Waals surface area contributed by atoms with Gasteiger partial charge in [-0.25, -0.2) is 4.98 Å². The number of halogens is 3. The fraction of sp³-hybridized carbons (Fsp3) is 0.500. The zero-order valence-electron chi connectivity index (χ0n) is 12.9. The molecule has 1 fully saturated rings. The van der Waals surface area contributed by atoms with Gasteiger partial charge in [0.2, 0.25) is 5.95 Å². The van der Waals surface area contributed by atoms with Crippen molar-refractivity contribution in [3.8, 4) is 5.95 Å². The highest BCUT2D eigenvalue weighted by molar-refractivity contribution is 5.42. The molecule has 2 aromatic heterocycles. The van der Waals surface area contributed by atoms with Crippen LogP contribution in [0.1, 0.15) is 24.2 Å². The lowest BCUT2D eigenvalue weighted by atomic mass is 10.1. The fourth-order valence-corrected chi connectivity index (χ4v) is 2.51. The van der Waals surface area contributed by atoms with Crippen LogP contribution in [0.15, 0.2) is 16.9 Å². The van der Waals surface area contributed by atoms with Crippen molar-refractivity contribution in [2.45, 2.75) is 32.0 Å². The Morgan fingerprint density at radius 3 is 2.71 bits per heavy atom. The van der Waals surface area contributed by atoms with Crippen molar-refractivity contribution in [2.24, 2.45) is 0 Å². The monoisotopic (exact) mass is 343 g/mol. The van der Waals surface area contributed by atoms with Gasteiger partial charge >= 0.3 is 6.18 Å². The lowest BCUT2D eigenvalue weighted by Crippen LogP contribution is -2.29. The Kier molecular flexibility index (Phi) is 4.31. The van der Waals surface area contributed by atoms with Gasteiger partial charge in [0.1, 0.15) is 5.82 Å². The molecule has 0 bridgehead atoms. The minimum Gasteiger partial charge on any atom is -0.381 e. The molecule has 130 valence electrons. The van der Waals surface area contributed by atoms with E-state index in [9.17, 15) is 18.0 Å². The van der Waals surface area contributed by atoms with Gasteiger partial charge in [-0.15, -0.1) is 0 Å². The van der Waals surface area contributed by atoms with Crippen LogP contribution in [0, 0.1) is 6.92 Å². The van der Waals surface area contributed by atoms with E-state index in [0.717, 1.165) is 12.8 Å². The van der Waals surface area contributed by atoms with Crippen molar-refractivity contribution >= 4 is 5.82 Å². The van der Waals surface area contributed by atoms with Crippen LogP contribution in [0.3, 0.4) is 0 Å². The highest BCUT2D eigenvalue weighted by atomic mass is 19.4. The number of aryl methyl sites for hydroxylation is 1. The van der Waals surface area contributed by atoms with Crippen LogP contribution in [0.25, 0.3) is 5.95 Å². The molecule has 0 aliphatic carbocycles. The average molecular weight is 343 g/mol. The Bertz CT molecular complexity index is 777. The molecule has 0 atom stereocenters. The zero-order valence-corrected chi connectivity index (χ0v) is 12.9. The molecule has 0 unspecified atom stereocenters. The summed E-state index contributed by atoms with van der Waals surface area (Å²) in [6, 6.07) is 2.23. The largest absolute Gasteiger partial charge is 0.433 e. The topological polar surface area (TPSA) is 84.8 Å². The smallest absolute Gasteiger partial charge is 0.381 e. The van der Waals surface area contributed by atoms with Gasteiger partial charge in [-0.2, -0.15) is 23.0 Å². The predicted octanol–water partition coefficient (Wildman–Crippen LogP) is 1.87. The second-order valence-electron chi connectivity index (χ2n) is 5.57. The third kappa shape index (κ3) is 3.58. The van der Waals surface area contributed by atoms with E-state index < -0.39 is 17.4 Å². The van der Waals surface area contributed by atoms with Crippen molar-refractivity contribution in [1.82, 2.24) is 19.7 Å². The highest BCUT2D eigenvalue weighted by Gasteiger charge is 2.34. The normalized spacial score (nSPS) is 16.3. The molecule has 7 nitrogen and oxygen atoms in total. The average Bonchev–Trinajstić information content (AvgIpc) is 2.87. The Balaban J connectivity index is 1.97. The summed E-state index contributed by atoms with van der Waals surface area (Å²) in [7, 11) is 0. The summed E-state index contributed by atoms with van der Waals surface area (Å²) in [4.78, 5) is 17.4. The van der Waals surface area contributed by atoms with E-state index in [1.165, 1.54) is 4.68 Å². The Labute approximate surface area is 134 Å². The van der Waals surface area contributed by atoms with Crippen molar-refractivity contribution in [3.63, 3.8) is 0 Å². The molecule has 0 radical (unpaired) electrons. The van der Waals surface area contributed by atoms with Crippen LogP contribution in [0.2, 0.25) is 0 Å². The summed E-state index contributed by atoms with van der Waals surface area (Å²) in [5.41, 5.74) is -1.56. The van der Waals surface area contributed by atoms with Crippen LogP contribution in [0.4, 0.5) is 19.0 Å². The Morgan fingerprint density at radius 2 is 2.04 bits per heavy atom. The first-order valence-corrected chi connectivity index (χ1v) is 7.43. The van der Waals surface area contributed by atoms with E-state index >= 15 is 0 Å². The predicted molar refractivity (Wildman–Crippen MR) is 79.2 cm³/mol. The standard InChI is InChI=1S/C14H16F3N5O2/c1-8-6-11(18-9-2-4-24-5-3-9)22(21-8)13-19-10(14(15,16)17)7-12(23)20-13/h6-7,9,18H,2-5H2,1H3,(H,19,20,23). The minimum atomic E-state index is -4.71. The fourth-order valence-electron chi connectivity index (χ4n) is 2.51. The maximum Gasteiger partial charge on any atom is 0.433 e. The summed E-state index contributed by atoms with van der Waals surface area (Å²) < 4.78 is 45.1. The molecule has 0 spiro atoms. The van der Waals surface area contributed by atoms with Gasteiger partial charge in [-0.3, -0.25) is 9.78 Å². The van der Waals surface area contributed by atoms with E-state index in [0.29, 0.717) is 30.8 Å². The van der Waals surface area contributed by atoms with E-state index in [2.05, 4.69) is 20.4 Å². The number of alkyl halides is 3. The Hall–Kier alpha value is -2.36. The van der Waals surface area contributed by atoms with Crippen LogP contribution >= 0.6 is 0 Å². The molecule has 3 rings (SSSR count). The molecule has 24 heavy (non-hydrogen) atoms. The van der Waals surface area contributed by atoms with Crippen LogP contribution < -0.4 is 10.9 Å². The molecule has 1 aliphatic heterocycles. The minimum absolute atomic E-state index is 0.117. The summed E-state index contributed by atoms with van der Waals surface area (Å²) >= 11 is 0. The molecule has 2 aromatic rings. The molecule has 0 saturated carbocycles. The molecule has 1 aliphatic rings. The number of hydrogen-bond donors (Lipinski definition) is 2. The summed E-state index contributed by atoms with van der Waals surface area (Å²) in [6.07, 6.45) is -3.16. The number of anilines is 1. The number of hydrogen-bond acceptors (Lipinski definition) is 5. The summed E-state index contributed by atoms with van der Waals surface area (Å²) in [5.74, 6) is 0.194. The van der Waals surface area contributed by atoms with E-state index in [1.807, 2.05) is 0 Å². The number of H-pyrrole nitrogens is 1. The van der Waals surface area contributed by atoms with E-state index in [-0.39, 0.29) is 12.0 Å². The molecule has 0 amide bonds. The first kappa shape index (κ1) is 16.5. The van der Waals surface area contributed by atoms with Crippen molar-refractivity contribution in [3.05, 3.63) is 33.9 Å². The zero-order chi connectivity index (χ0) is 17.3. The summed E-state index contributed by atoms with van der Waals surface area (Å²) in [6.45, 7) is 2.93. The number of nitrogens with one attached hydrogen (secondary N) is 2. The van der Waals surface area contributed by atoms with Crippen molar-refractivity contribution in [2.75, 3.05) is 18.5 Å². The van der Waals surface area contributed by atoms with E-state index in [1.54, 1.807) is 13.0 Å². The molecular weight excluding hydrogens is 327 g/mol. The van der Waals surface area contributed by atoms with E-state index in [4.69, 9.17) is 4.74 Å². The van der Waals surface area contributed by atoms with Crippen LogP contribution in [-0.4, -0.2) is 39.0 Å². The van der Waals surface area contributed by atoms with Gasteiger partial charge in [-0.05, 0) is 19.8 Å². The number of aromatic amines is 1. The molecule has 10 heteroatoms. The number of nitrogens with zero attached hydrogens (tertiary/aromatic N) is 3. The number of aromatic nitrogens is 4. The quantitative estimate of drug-likeness (QED) is 0.889. The van der Waals surface area contributed by atoms with Crippen LogP contribution in [0.5, 0.6) is 0 Å². The van der Waals surface area contributed by atoms with Gasteiger partial charge < -0.3 is 10.1 Å². The second kappa shape index (κ2) is 6.27. The number of ether oxygens (including phenoxy) is 1. The molecule has 1 saturated heterocycles. The third-order valence-corrected chi connectivity index (χ3v) is 3.63. The summed E-state index contributed by atoms with van der Waals surface area (Å²) in [5, 5.41) is 7.36. The van der Waals surface area contributed by atoms with Gasteiger partial charge in [0.15, 0.2) is 5.69 Å². The lowest BCUT2D eigenvalue weighted by Gasteiger charge is -2.24. The first-order valence-electron chi connectivity index (χ1n) is 7.43. The molecule has 2 N–H and O–H groups in total. The highest BCUT2D eigenvalue weighted by Crippen LogP contribution is 2.27. The first-order chi connectivity index (χ1) is 11.3. The van der Waals surface area contributed by atoms with Crippen molar-refractivity contribution in [1.29, 1.82) is 0 Å².